The normalized spacial score (nSPS) is 11.1. The molecule has 0 radical (unpaired) electrons. The average Bonchev–Trinajstić information content (AvgIpc) is 2.77. The van der Waals surface area contributed by atoms with Gasteiger partial charge in [0.2, 0.25) is 6.43 Å². The van der Waals surface area contributed by atoms with Gasteiger partial charge in [0.25, 0.3) is 0 Å². The molecular formula is C13H12F4N4. The van der Waals surface area contributed by atoms with Crippen LogP contribution in [0.25, 0.3) is 0 Å². The van der Waals surface area contributed by atoms with E-state index in [1.807, 2.05) is 0 Å². The molecule has 21 heavy (non-hydrogen) atoms. The van der Waals surface area contributed by atoms with Crippen molar-refractivity contribution in [3.63, 3.8) is 0 Å². The summed E-state index contributed by atoms with van der Waals surface area (Å²) in [5.74, 6) is -2.47. The van der Waals surface area contributed by atoms with Crippen molar-refractivity contribution in [2.24, 2.45) is 5.73 Å². The summed E-state index contributed by atoms with van der Waals surface area (Å²) in [5, 5.41) is 11.1. The predicted molar refractivity (Wildman–Crippen MR) is 68.4 cm³/mol. The number of nitrogen functional groups attached to an aromatic ring is 1. The van der Waals surface area contributed by atoms with Crippen LogP contribution in [0.3, 0.4) is 0 Å². The van der Waals surface area contributed by atoms with Crippen molar-refractivity contribution in [2.45, 2.75) is 19.4 Å². The van der Waals surface area contributed by atoms with Crippen LogP contribution >= 0.6 is 0 Å². The number of nitrogens with two attached hydrogens (primary N) is 1. The van der Waals surface area contributed by atoms with Gasteiger partial charge in [0.1, 0.15) is 11.5 Å². The molecular weight excluding hydrogens is 288 g/mol. The standard InChI is InChI=1S/C13H12F4N4/c14-9-3-1-2-7(12(9)17)6-21-8(5-11(15)16)4-10(20-21)13(18)19/h1-4,11H,5-6H2,(H3,18,19). The van der Waals surface area contributed by atoms with Crippen molar-refractivity contribution in [3.8, 4) is 0 Å². The molecule has 1 aromatic carbocycles. The van der Waals surface area contributed by atoms with Crippen LogP contribution in [-0.4, -0.2) is 22.0 Å². The SMILES string of the molecule is N=C(N)c1cc(CC(F)F)n(Cc2cccc(F)c2F)n1. The number of amidine groups is 1. The summed E-state index contributed by atoms with van der Waals surface area (Å²) in [7, 11) is 0. The Bertz CT molecular complexity index is 666. The highest BCUT2D eigenvalue weighted by Gasteiger charge is 2.16. The highest BCUT2D eigenvalue weighted by molar-refractivity contribution is 5.93. The summed E-state index contributed by atoms with van der Waals surface area (Å²) < 4.78 is 52.9. The van der Waals surface area contributed by atoms with Gasteiger partial charge in [-0.15, -0.1) is 0 Å². The largest absolute Gasteiger partial charge is 0.382 e. The maximum Gasteiger partial charge on any atom is 0.244 e. The number of rotatable bonds is 5. The molecule has 0 unspecified atom stereocenters. The number of nitrogens with zero attached hydrogens (tertiary/aromatic N) is 2. The smallest absolute Gasteiger partial charge is 0.244 e. The fraction of sp³-hybridized carbons (Fsp3) is 0.231. The number of benzene rings is 1. The van der Waals surface area contributed by atoms with Crippen molar-refractivity contribution in [2.75, 3.05) is 0 Å². The second-order valence-electron chi connectivity index (χ2n) is 4.40. The molecule has 2 rings (SSSR count). The molecule has 0 aliphatic rings. The van der Waals surface area contributed by atoms with E-state index in [2.05, 4.69) is 5.10 Å². The Morgan fingerprint density at radius 1 is 1.33 bits per heavy atom. The zero-order valence-electron chi connectivity index (χ0n) is 10.8. The maximum absolute atomic E-state index is 13.6. The van der Waals surface area contributed by atoms with Crippen LogP contribution in [-0.2, 0) is 13.0 Å². The topological polar surface area (TPSA) is 67.7 Å². The number of nitrogens with one attached hydrogen (secondary N) is 1. The summed E-state index contributed by atoms with van der Waals surface area (Å²) in [5.41, 5.74) is 5.35. The fourth-order valence-corrected chi connectivity index (χ4v) is 1.88. The monoisotopic (exact) mass is 300 g/mol. The first kappa shape index (κ1) is 15.0. The molecule has 0 saturated carbocycles. The van der Waals surface area contributed by atoms with Crippen molar-refractivity contribution in [3.05, 3.63) is 52.9 Å². The van der Waals surface area contributed by atoms with E-state index in [9.17, 15) is 17.6 Å². The second kappa shape index (κ2) is 5.94. The number of aromatic nitrogens is 2. The van der Waals surface area contributed by atoms with Crippen molar-refractivity contribution < 1.29 is 17.6 Å². The third-order valence-corrected chi connectivity index (χ3v) is 2.85. The molecule has 8 heteroatoms. The molecule has 0 saturated heterocycles. The summed E-state index contributed by atoms with van der Waals surface area (Å²) in [6, 6.07) is 4.85. The Morgan fingerprint density at radius 2 is 2.05 bits per heavy atom. The van der Waals surface area contributed by atoms with Gasteiger partial charge in [0, 0.05) is 11.3 Å². The van der Waals surface area contributed by atoms with E-state index in [0.717, 1.165) is 10.7 Å². The third kappa shape index (κ3) is 3.39. The van der Waals surface area contributed by atoms with Gasteiger partial charge in [-0.1, -0.05) is 12.1 Å². The quantitative estimate of drug-likeness (QED) is 0.505. The van der Waals surface area contributed by atoms with Gasteiger partial charge >= 0.3 is 0 Å². The molecule has 1 aromatic heterocycles. The van der Waals surface area contributed by atoms with Crippen LogP contribution in [0.5, 0.6) is 0 Å². The molecule has 3 N–H and O–H groups in total. The Balaban J connectivity index is 2.37. The average molecular weight is 300 g/mol. The van der Waals surface area contributed by atoms with E-state index >= 15 is 0 Å². The zero-order valence-corrected chi connectivity index (χ0v) is 10.8. The van der Waals surface area contributed by atoms with Gasteiger partial charge in [-0.25, -0.2) is 17.6 Å². The van der Waals surface area contributed by atoms with Gasteiger partial charge in [-0.3, -0.25) is 10.1 Å². The van der Waals surface area contributed by atoms with Gasteiger partial charge in [0.05, 0.1) is 13.0 Å². The molecule has 2 aromatic rings. The number of alkyl halides is 2. The Kier molecular flexibility index (Phi) is 4.25. The summed E-state index contributed by atoms with van der Waals surface area (Å²) in [6.07, 6.45) is -3.24. The summed E-state index contributed by atoms with van der Waals surface area (Å²) in [4.78, 5) is 0. The van der Waals surface area contributed by atoms with Crippen LogP contribution in [0.4, 0.5) is 17.6 Å². The van der Waals surface area contributed by atoms with Crippen molar-refractivity contribution >= 4 is 5.84 Å². The Labute approximate surface area is 117 Å². The highest BCUT2D eigenvalue weighted by Crippen LogP contribution is 2.16. The van der Waals surface area contributed by atoms with E-state index in [0.29, 0.717) is 0 Å². The van der Waals surface area contributed by atoms with E-state index in [1.165, 1.54) is 18.2 Å². The van der Waals surface area contributed by atoms with E-state index < -0.39 is 24.5 Å². The fourth-order valence-electron chi connectivity index (χ4n) is 1.88. The lowest BCUT2D eigenvalue weighted by molar-refractivity contribution is 0.146. The molecule has 0 spiro atoms. The van der Waals surface area contributed by atoms with E-state index in [-0.39, 0.29) is 29.3 Å². The Morgan fingerprint density at radius 3 is 2.67 bits per heavy atom. The van der Waals surface area contributed by atoms with Crippen LogP contribution in [0.1, 0.15) is 17.0 Å². The van der Waals surface area contributed by atoms with E-state index in [1.54, 1.807) is 0 Å². The second-order valence-corrected chi connectivity index (χ2v) is 4.40. The molecule has 0 aliphatic heterocycles. The molecule has 0 atom stereocenters. The van der Waals surface area contributed by atoms with Gasteiger partial charge in [-0.05, 0) is 12.1 Å². The first-order valence-corrected chi connectivity index (χ1v) is 6.00. The number of halogens is 4. The lowest BCUT2D eigenvalue weighted by Gasteiger charge is -2.08. The van der Waals surface area contributed by atoms with Crippen molar-refractivity contribution in [1.82, 2.24) is 9.78 Å². The molecule has 0 bridgehead atoms. The van der Waals surface area contributed by atoms with Gasteiger partial charge in [-0.2, -0.15) is 5.10 Å². The molecule has 0 aliphatic carbocycles. The number of hydrogen-bond donors (Lipinski definition) is 2. The molecule has 0 fully saturated rings. The van der Waals surface area contributed by atoms with Gasteiger partial charge < -0.3 is 5.73 Å². The lowest BCUT2D eigenvalue weighted by atomic mass is 10.2. The summed E-state index contributed by atoms with van der Waals surface area (Å²) >= 11 is 0. The molecule has 4 nitrogen and oxygen atoms in total. The summed E-state index contributed by atoms with van der Waals surface area (Å²) in [6.45, 7) is -0.223. The number of hydrogen-bond acceptors (Lipinski definition) is 2. The van der Waals surface area contributed by atoms with E-state index in [4.69, 9.17) is 11.1 Å². The zero-order chi connectivity index (χ0) is 15.6. The minimum Gasteiger partial charge on any atom is -0.382 e. The van der Waals surface area contributed by atoms with Crippen LogP contribution < -0.4 is 5.73 Å². The van der Waals surface area contributed by atoms with Crippen LogP contribution in [0, 0.1) is 17.0 Å². The molecule has 112 valence electrons. The maximum atomic E-state index is 13.6. The Hall–Kier alpha value is -2.38. The first-order chi connectivity index (χ1) is 9.88. The van der Waals surface area contributed by atoms with Gasteiger partial charge in [0.15, 0.2) is 11.6 Å². The minimum absolute atomic E-state index is 0.0162. The third-order valence-electron chi connectivity index (χ3n) is 2.85. The van der Waals surface area contributed by atoms with Crippen LogP contribution in [0.15, 0.2) is 24.3 Å². The predicted octanol–water partition coefficient (Wildman–Crippen LogP) is 2.30. The lowest BCUT2D eigenvalue weighted by Crippen LogP contribution is -2.14. The highest BCUT2D eigenvalue weighted by atomic mass is 19.3. The molecule has 0 amide bonds. The minimum atomic E-state index is -2.63. The van der Waals surface area contributed by atoms with Crippen LogP contribution in [0.2, 0.25) is 0 Å². The van der Waals surface area contributed by atoms with Crippen molar-refractivity contribution in [1.29, 1.82) is 5.41 Å². The first-order valence-electron chi connectivity index (χ1n) is 6.00. The molecule has 1 heterocycles.